The van der Waals surface area contributed by atoms with Crippen LogP contribution < -0.4 is 21.7 Å². The van der Waals surface area contributed by atoms with Crippen molar-refractivity contribution in [3.63, 3.8) is 0 Å². The molecule has 39 heavy (non-hydrogen) atoms. The van der Waals surface area contributed by atoms with E-state index in [0.29, 0.717) is 23.2 Å². The zero-order chi connectivity index (χ0) is 28.0. The predicted octanol–water partition coefficient (Wildman–Crippen LogP) is 6.26. The number of rotatable bonds is 14. The number of hydrogen-bond donors (Lipinski definition) is 4. The van der Waals surface area contributed by atoms with Crippen LogP contribution in [-0.2, 0) is 4.79 Å². The number of carbonyl (C=O) groups is 1. The molecule has 0 aromatic heterocycles. The lowest BCUT2D eigenvalue weighted by Crippen LogP contribution is -2.55. The Morgan fingerprint density at radius 2 is 1.59 bits per heavy atom. The summed E-state index contributed by atoms with van der Waals surface area (Å²) in [5.41, 5.74) is 6.64. The first-order chi connectivity index (χ1) is 18.7. The predicted molar refractivity (Wildman–Crippen MR) is 164 cm³/mol. The Hall–Kier alpha value is -0.650. The zero-order valence-electron chi connectivity index (χ0n) is 26.3. The summed E-state index contributed by atoms with van der Waals surface area (Å²) in [6.45, 7) is 16.1. The largest absolute Gasteiger partial charge is 0.354 e. The van der Waals surface area contributed by atoms with Gasteiger partial charge in [0.05, 0.1) is 0 Å². The Kier molecular flexibility index (Phi) is 11.2. The highest BCUT2D eigenvalue weighted by Gasteiger charge is 2.60. The third kappa shape index (κ3) is 7.23. The fraction of sp³-hybridized carbons (Fsp3) is 0.971. The van der Waals surface area contributed by atoms with Gasteiger partial charge in [0.1, 0.15) is 0 Å². The highest BCUT2D eigenvalue weighted by Crippen LogP contribution is 2.68. The maximum absolute atomic E-state index is 12.3. The molecule has 5 heteroatoms. The van der Waals surface area contributed by atoms with Crippen molar-refractivity contribution < 1.29 is 4.79 Å². The molecule has 0 radical (unpaired) electrons. The fourth-order valence-electron chi connectivity index (χ4n) is 10.4. The van der Waals surface area contributed by atoms with Crippen molar-refractivity contribution in [1.29, 1.82) is 0 Å². The van der Waals surface area contributed by atoms with Gasteiger partial charge < -0.3 is 21.7 Å². The van der Waals surface area contributed by atoms with Crippen molar-refractivity contribution in [3.8, 4) is 0 Å². The van der Waals surface area contributed by atoms with Crippen LogP contribution in [0.1, 0.15) is 125 Å². The molecule has 0 spiro atoms. The zero-order valence-corrected chi connectivity index (χ0v) is 26.3. The topological polar surface area (TPSA) is 79.2 Å². The van der Waals surface area contributed by atoms with Gasteiger partial charge in [0.2, 0.25) is 5.91 Å². The summed E-state index contributed by atoms with van der Waals surface area (Å²) in [5, 5.41) is 10.6. The molecule has 0 bridgehead atoms. The highest BCUT2D eigenvalue weighted by molar-refractivity contribution is 5.76. The standard InChI is InChI=1S/C34H64N4O/c1-24(2)38-32(39)14-9-25(3)29-12-13-30-28-11-10-26-23-27(37-22-7-6-20-36-21-8-19-35)15-17-33(26,4)31(28)16-18-34(29,30)5/h24-31,36-37H,6-23,35H2,1-5H3,(H,38,39)/t25-,26?,27+,28?,29?,30?,31?,33+,34-/m1/s1. The van der Waals surface area contributed by atoms with Crippen LogP contribution in [-0.4, -0.2) is 44.2 Å². The third-order valence-corrected chi connectivity index (χ3v) is 12.5. The van der Waals surface area contributed by atoms with Gasteiger partial charge in [-0.2, -0.15) is 0 Å². The maximum Gasteiger partial charge on any atom is 0.220 e. The molecule has 4 aliphatic rings. The molecule has 4 aliphatic carbocycles. The third-order valence-electron chi connectivity index (χ3n) is 12.5. The van der Waals surface area contributed by atoms with E-state index in [1.54, 1.807) is 0 Å². The van der Waals surface area contributed by atoms with E-state index in [4.69, 9.17) is 5.73 Å². The van der Waals surface area contributed by atoms with Crippen molar-refractivity contribution in [1.82, 2.24) is 16.0 Å². The number of unbranched alkanes of at least 4 members (excludes halogenated alkanes) is 1. The number of hydrogen-bond acceptors (Lipinski definition) is 4. The van der Waals surface area contributed by atoms with Crippen molar-refractivity contribution in [2.75, 3.05) is 26.2 Å². The van der Waals surface area contributed by atoms with Gasteiger partial charge in [-0.05, 0) is 170 Å². The first-order valence-corrected chi connectivity index (χ1v) is 17.1. The summed E-state index contributed by atoms with van der Waals surface area (Å²) in [6, 6.07) is 0.987. The van der Waals surface area contributed by atoms with Crippen molar-refractivity contribution in [2.24, 2.45) is 52.1 Å². The molecule has 5 N–H and O–H groups in total. The Morgan fingerprint density at radius 3 is 2.36 bits per heavy atom. The smallest absolute Gasteiger partial charge is 0.220 e. The molecular formula is C34H64N4O. The van der Waals surface area contributed by atoms with E-state index in [1.165, 1.54) is 77.2 Å². The molecule has 226 valence electrons. The first-order valence-electron chi connectivity index (χ1n) is 17.1. The van der Waals surface area contributed by atoms with E-state index >= 15 is 0 Å². The second kappa shape index (κ2) is 14.0. The maximum atomic E-state index is 12.3. The van der Waals surface area contributed by atoms with Crippen LogP contribution in [0, 0.1) is 46.3 Å². The highest BCUT2D eigenvalue weighted by atomic mass is 16.1. The summed E-state index contributed by atoms with van der Waals surface area (Å²) in [5.74, 6) is 5.43. The SMILES string of the molecule is CC(C)NC(=O)CC[C@@H](C)C1CCC2C3CCC4C[C@@H](NCCCCNCCCN)CC[C@]4(C)C3CC[C@@]21C. The molecule has 0 aromatic rings. The monoisotopic (exact) mass is 545 g/mol. The molecule has 4 saturated carbocycles. The molecule has 4 rings (SSSR count). The van der Waals surface area contributed by atoms with Gasteiger partial charge in [-0.25, -0.2) is 0 Å². The molecule has 0 heterocycles. The fourth-order valence-corrected chi connectivity index (χ4v) is 10.4. The van der Waals surface area contributed by atoms with E-state index in [1.807, 2.05) is 0 Å². The van der Waals surface area contributed by atoms with Crippen molar-refractivity contribution in [3.05, 3.63) is 0 Å². The Morgan fingerprint density at radius 1 is 0.872 bits per heavy atom. The van der Waals surface area contributed by atoms with Crippen LogP contribution in [0.5, 0.6) is 0 Å². The van der Waals surface area contributed by atoms with E-state index in [2.05, 4.69) is 50.6 Å². The number of carbonyl (C=O) groups excluding carboxylic acids is 1. The molecular weight excluding hydrogens is 480 g/mol. The molecule has 0 aliphatic heterocycles. The Balaban J connectivity index is 1.26. The van der Waals surface area contributed by atoms with Gasteiger partial charge in [-0.3, -0.25) is 4.79 Å². The van der Waals surface area contributed by atoms with Crippen LogP contribution in [0.15, 0.2) is 0 Å². The average Bonchev–Trinajstić information content (AvgIpc) is 3.26. The van der Waals surface area contributed by atoms with Gasteiger partial charge >= 0.3 is 0 Å². The Bertz CT molecular complexity index is 772. The van der Waals surface area contributed by atoms with Crippen LogP contribution in [0.25, 0.3) is 0 Å². The van der Waals surface area contributed by atoms with E-state index in [-0.39, 0.29) is 11.9 Å². The van der Waals surface area contributed by atoms with Crippen LogP contribution in [0.4, 0.5) is 0 Å². The van der Waals surface area contributed by atoms with Crippen molar-refractivity contribution in [2.45, 2.75) is 137 Å². The average molecular weight is 545 g/mol. The normalized spacial score (nSPS) is 38.6. The molecule has 4 fully saturated rings. The van der Waals surface area contributed by atoms with Crippen molar-refractivity contribution >= 4 is 5.91 Å². The molecule has 9 atom stereocenters. The second-order valence-electron chi connectivity index (χ2n) is 15.1. The minimum atomic E-state index is 0.243. The summed E-state index contributed by atoms with van der Waals surface area (Å²) in [4.78, 5) is 12.3. The Labute approximate surface area is 241 Å². The molecule has 5 nitrogen and oxygen atoms in total. The quantitative estimate of drug-likeness (QED) is 0.195. The minimum absolute atomic E-state index is 0.243. The lowest BCUT2D eigenvalue weighted by atomic mass is 9.44. The summed E-state index contributed by atoms with van der Waals surface area (Å²) < 4.78 is 0. The molecule has 0 saturated heterocycles. The van der Waals surface area contributed by atoms with Crippen LogP contribution >= 0.6 is 0 Å². The van der Waals surface area contributed by atoms with Crippen LogP contribution in [0.2, 0.25) is 0 Å². The van der Waals surface area contributed by atoms with E-state index in [9.17, 15) is 4.79 Å². The van der Waals surface area contributed by atoms with Gasteiger partial charge in [0.25, 0.3) is 0 Å². The summed E-state index contributed by atoms with van der Waals surface area (Å²) in [7, 11) is 0. The lowest BCUT2D eigenvalue weighted by molar-refractivity contribution is -0.123. The van der Waals surface area contributed by atoms with E-state index < -0.39 is 0 Å². The number of amides is 1. The van der Waals surface area contributed by atoms with Gasteiger partial charge in [0, 0.05) is 18.5 Å². The van der Waals surface area contributed by atoms with Gasteiger partial charge in [-0.1, -0.05) is 20.8 Å². The number of nitrogens with two attached hydrogens (primary N) is 1. The number of nitrogens with one attached hydrogen (secondary N) is 3. The van der Waals surface area contributed by atoms with E-state index in [0.717, 1.165) is 68.1 Å². The van der Waals surface area contributed by atoms with Gasteiger partial charge in [-0.15, -0.1) is 0 Å². The summed E-state index contributed by atoms with van der Waals surface area (Å²) in [6.07, 6.45) is 18.3. The lowest BCUT2D eigenvalue weighted by Gasteiger charge is -2.61. The first kappa shape index (κ1) is 31.3. The molecule has 1 amide bonds. The second-order valence-corrected chi connectivity index (χ2v) is 15.1. The minimum Gasteiger partial charge on any atom is -0.354 e. The summed E-state index contributed by atoms with van der Waals surface area (Å²) >= 11 is 0. The molecule has 0 aromatic carbocycles. The number of fused-ring (bicyclic) bond motifs is 5. The van der Waals surface area contributed by atoms with Gasteiger partial charge in [0.15, 0.2) is 0 Å². The van der Waals surface area contributed by atoms with Crippen LogP contribution in [0.3, 0.4) is 0 Å². The molecule has 5 unspecified atom stereocenters.